The number of carbonyl (C=O) groups excluding carboxylic acids is 2. The third kappa shape index (κ3) is 4.88. The van der Waals surface area contributed by atoms with Gasteiger partial charge < -0.3 is 10.1 Å². The minimum absolute atomic E-state index is 0.0480. The number of methoxy groups -OCH3 is 1. The largest absolute Gasteiger partial charge is 0.465 e. The summed E-state index contributed by atoms with van der Waals surface area (Å²) in [5, 5.41) is 3.80. The van der Waals surface area contributed by atoms with Gasteiger partial charge in [-0.1, -0.05) is 49.4 Å². The summed E-state index contributed by atoms with van der Waals surface area (Å²) in [6, 6.07) is 13.8. The van der Waals surface area contributed by atoms with Crippen molar-refractivity contribution in [3.63, 3.8) is 0 Å². The number of amides is 1. The average molecular weight is 426 g/mol. The SMILES string of the molecule is CCCCn1c(SCC(=O)Nc2ccccc2C(=O)OC)nc2ccccc2c1=O. The van der Waals surface area contributed by atoms with E-state index in [0.717, 1.165) is 12.8 Å². The van der Waals surface area contributed by atoms with E-state index < -0.39 is 5.97 Å². The lowest BCUT2D eigenvalue weighted by Gasteiger charge is -2.13. The van der Waals surface area contributed by atoms with E-state index in [1.165, 1.54) is 18.9 Å². The van der Waals surface area contributed by atoms with Gasteiger partial charge in [-0.25, -0.2) is 9.78 Å². The van der Waals surface area contributed by atoms with Crippen LogP contribution in [0, 0.1) is 0 Å². The van der Waals surface area contributed by atoms with Crippen molar-refractivity contribution < 1.29 is 14.3 Å². The minimum Gasteiger partial charge on any atom is -0.465 e. The summed E-state index contributed by atoms with van der Waals surface area (Å²) in [5.41, 5.74) is 1.16. The number of hydrogen-bond donors (Lipinski definition) is 1. The van der Waals surface area contributed by atoms with Crippen LogP contribution in [-0.4, -0.2) is 34.3 Å². The molecule has 2 aromatic carbocycles. The summed E-state index contributed by atoms with van der Waals surface area (Å²) in [5.74, 6) is -0.782. The van der Waals surface area contributed by atoms with E-state index in [9.17, 15) is 14.4 Å². The molecule has 0 atom stereocenters. The van der Waals surface area contributed by atoms with Gasteiger partial charge in [0.25, 0.3) is 5.56 Å². The maximum absolute atomic E-state index is 12.9. The van der Waals surface area contributed by atoms with Gasteiger partial charge in [0.15, 0.2) is 5.16 Å². The van der Waals surface area contributed by atoms with E-state index in [0.29, 0.717) is 28.3 Å². The molecule has 0 radical (unpaired) electrons. The number of ether oxygens (including phenoxy) is 1. The summed E-state index contributed by atoms with van der Waals surface area (Å²) >= 11 is 1.20. The molecular weight excluding hydrogens is 402 g/mol. The molecule has 156 valence electrons. The van der Waals surface area contributed by atoms with Crippen LogP contribution in [0.2, 0.25) is 0 Å². The molecular formula is C22H23N3O4S. The van der Waals surface area contributed by atoms with Crippen LogP contribution in [0.5, 0.6) is 0 Å². The van der Waals surface area contributed by atoms with Crippen molar-refractivity contribution in [2.45, 2.75) is 31.5 Å². The Balaban J connectivity index is 1.81. The predicted molar refractivity (Wildman–Crippen MR) is 118 cm³/mol. The number of rotatable bonds is 8. The molecule has 0 aliphatic rings. The zero-order valence-corrected chi connectivity index (χ0v) is 17.7. The van der Waals surface area contributed by atoms with Gasteiger partial charge in [-0.2, -0.15) is 0 Å². The second-order valence-corrected chi connectivity index (χ2v) is 7.54. The van der Waals surface area contributed by atoms with Crippen molar-refractivity contribution in [3.8, 4) is 0 Å². The van der Waals surface area contributed by atoms with Gasteiger partial charge in [-0.05, 0) is 30.7 Å². The maximum Gasteiger partial charge on any atom is 0.339 e. The van der Waals surface area contributed by atoms with Gasteiger partial charge >= 0.3 is 5.97 Å². The van der Waals surface area contributed by atoms with Gasteiger partial charge in [-0.15, -0.1) is 0 Å². The lowest BCUT2D eigenvalue weighted by molar-refractivity contribution is -0.113. The number of fused-ring (bicyclic) bond motifs is 1. The van der Waals surface area contributed by atoms with Gasteiger partial charge in [0.2, 0.25) is 5.91 Å². The van der Waals surface area contributed by atoms with Crippen LogP contribution >= 0.6 is 11.8 Å². The van der Waals surface area contributed by atoms with E-state index in [2.05, 4.69) is 17.2 Å². The van der Waals surface area contributed by atoms with Gasteiger partial charge in [0.05, 0.1) is 35.0 Å². The second-order valence-electron chi connectivity index (χ2n) is 6.60. The Morgan fingerprint density at radius 3 is 2.63 bits per heavy atom. The second kappa shape index (κ2) is 10.1. The van der Waals surface area contributed by atoms with Crippen molar-refractivity contribution >= 4 is 40.2 Å². The predicted octanol–water partition coefficient (Wildman–Crippen LogP) is 3.71. The number of unbranched alkanes of at least 4 members (excludes halogenated alkanes) is 1. The van der Waals surface area contributed by atoms with E-state index in [1.807, 2.05) is 12.1 Å². The molecule has 8 heteroatoms. The summed E-state index contributed by atoms with van der Waals surface area (Å²) in [6.45, 7) is 2.60. The summed E-state index contributed by atoms with van der Waals surface area (Å²) in [4.78, 5) is 41.9. The first-order valence-electron chi connectivity index (χ1n) is 9.64. The highest BCUT2D eigenvalue weighted by molar-refractivity contribution is 7.99. The van der Waals surface area contributed by atoms with Gasteiger partial charge in [-0.3, -0.25) is 14.2 Å². The fourth-order valence-corrected chi connectivity index (χ4v) is 3.79. The number of thioether (sulfide) groups is 1. The number of nitrogens with one attached hydrogen (secondary N) is 1. The van der Waals surface area contributed by atoms with Crippen LogP contribution in [0.25, 0.3) is 10.9 Å². The molecule has 0 aliphatic heterocycles. The molecule has 30 heavy (non-hydrogen) atoms. The number of aromatic nitrogens is 2. The molecule has 0 bridgehead atoms. The zero-order valence-electron chi connectivity index (χ0n) is 16.9. The van der Waals surface area contributed by atoms with Crippen LogP contribution in [0.4, 0.5) is 5.69 Å². The number of hydrogen-bond acceptors (Lipinski definition) is 6. The molecule has 0 saturated carbocycles. The third-order valence-corrected chi connectivity index (χ3v) is 5.48. The smallest absolute Gasteiger partial charge is 0.339 e. The van der Waals surface area contributed by atoms with Crippen molar-refractivity contribution in [2.75, 3.05) is 18.2 Å². The Kier molecular flexibility index (Phi) is 7.24. The quantitative estimate of drug-likeness (QED) is 0.336. The van der Waals surface area contributed by atoms with E-state index >= 15 is 0 Å². The Hall–Kier alpha value is -3.13. The van der Waals surface area contributed by atoms with Crippen LogP contribution in [0.1, 0.15) is 30.1 Å². The fraction of sp³-hybridized carbons (Fsp3) is 0.273. The highest BCUT2D eigenvalue weighted by Crippen LogP contribution is 2.20. The molecule has 0 fully saturated rings. The van der Waals surface area contributed by atoms with Crippen molar-refractivity contribution in [2.24, 2.45) is 0 Å². The molecule has 3 rings (SSSR count). The lowest BCUT2D eigenvalue weighted by Crippen LogP contribution is -2.24. The summed E-state index contributed by atoms with van der Waals surface area (Å²) in [7, 11) is 1.29. The first-order valence-corrected chi connectivity index (χ1v) is 10.6. The number of para-hydroxylation sites is 2. The van der Waals surface area contributed by atoms with E-state index in [4.69, 9.17) is 4.74 Å². The highest BCUT2D eigenvalue weighted by atomic mass is 32.2. The Morgan fingerprint density at radius 2 is 1.87 bits per heavy atom. The number of anilines is 1. The fourth-order valence-electron chi connectivity index (χ4n) is 2.97. The first kappa shape index (κ1) is 21.6. The average Bonchev–Trinajstić information content (AvgIpc) is 2.77. The molecule has 1 N–H and O–H groups in total. The first-order chi connectivity index (χ1) is 14.5. The number of nitrogens with zero attached hydrogens (tertiary/aromatic N) is 2. The third-order valence-electron chi connectivity index (χ3n) is 4.50. The van der Waals surface area contributed by atoms with Crippen LogP contribution in [-0.2, 0) is 16.1 Å². The molecule has 0 spiro atoms. The molecule has 7 nitrogen and oxygen atoms in total. The molecule has 0 unspecified atom stereocenters. The van der Waals surface area contributed by atoms with E-state index in [-0.39, 0.29) is 22.8 Å². The standard InChI is InChI=1S/C22H23N3O4S/c1-3-4-13-25-20(27)15-9-5-7-11-17(15)24-22(25)30-14-19(26)23-18-12-8-6-10-16(18)21(28)29-2/h5-12H,3-4,13-14H2,1-2H3,(H,23,26). The summed E-state index contributed by atoms with van der Waals surface area (Å²) < 4.78 is 6.38. The molecule has 1 amide bonds. The number of carbonyl (C=O) groups is 2. The molecule has 3 aromatic rings. The molecule has 1 aromatic heterocycles. The zero-order chi connectivity index (χ0) is 21.5. The minimum atomic E-state index is -0.525. The monoisotopic (exact) mass is 425 g/mol. The lowest BCUT2D eigenvalue weighted by atomic mass is 10.2. The molecule has 1 heterocycles. The Morgan fingerprint density at radius 1 is 1.13 bits per heavy atom. The normalized spacial score (nSPS) is 10.7. The number of benzene rings is 2. The van der Waals surface area contributed by atoms with Crippen LogP contribution in [0.3, 0.4) is 0 Å². The van der Waals surface area contributed by atoms with Gasteiger partial charge in [0, 0.05) is 6.54 Å². The van der Waals surface area contributed by atoms with Gasteiger partial charge in [0.1, 0.15) is 0 Å². The van der Waals surface area contributed by atoms with Crippen molar-refractivity contribution in [1.82, 2.24) is 9.55 Å². The van der Waals surface area contributed by atoms with Crippen molar-refractivity contribution in [3.05, 3.63) is 64.4 Å². The topological polar surface area (TPSA) is 90.3 Å². The highest BCUT2D eigenvalue weighted by Gasteiger charge is 2.16. The molecule has 0 aliphatic carbocycles. The Bertz CT molecular complexity index is 1130. The number of esters is 1. The maximum atomic E-state index is 12.9. The van der Waals surface area contributed by atoms with Crippen LogP contribution in [0.15, 0.2) is 58.5 Å². The van der Waals surface area contributed by atoms with Crippen LogP contribution < -0.4 is 10.9 Å². The Labute approximate surface area is 178 Å². The van der Waals surface area contributed by atoms with Crippen molar-refractivity contribution in [1.29, 1.82) is 0 Å². The summed E-state index contributed by atoms with van der Waals surface area (Å²) in [6.07, 6.45) is 1.78. The molecule has 0 saturated heterocycles. The van der Waals surface area contributed by atoms with E-state index in [1.54, 1.807) is 41.0 Å².